The molecular formula is C14H13N3O4. The molecule has 0 radical (unpaired) electrons. The van der Waals surface area contributed by atoms with Crippen LogP contribution in [0, 0.1) is 0 Å². The van der Waals surface area contributed by atoms with E-state index in [4.69, 9.17) is 10.2 Å². The van der Waals surface area contributed by atoms with Crippen LogP contribution in [-0.2, 0) is 11.3 Å². The average Bonchev–Trinajstić information content (AvgIpc) is 2.82. The van der Waals surface area contributed by atoms with Crippen molar-refractivity contribution in [3.8, 4) is 0 Å². The number of carboxylic acid groups (broad SMARTS) is 2. The number of aromatic nitrogens is 2. The number of anilines is 1. The molecule has 3 rings (SSSR count). The highest BCUT2D eigenvalue weighted by atomic mass is 16.4. The standard InChI is InChI=1S/C14H13N3O4/c18-12(19)6-11-13-15-3-4-17(13)7-9-2-1-8(14(20)21)5-10(9)16-11/h1-5,11,16H,6-7H2,(H,18,19)(H,20,21). The Morgan fingerprint density at radius 2 is 2.19 bits per heavy atom. The first-order valence-corrected chi connectivity index (χ1v) is 6.40. The molecule has 0 saturated heterocycles. The first-order chi connectivity index (χ1) is 10.0. The lowest BCUT2D eigenvalue weighted by Crippen LogP contribution is -2.17. The zero-order valence-electron chi connectivity index (χ0n) is 11.0. The van der Waals surface area contributed by atoms with Crippen LogP contribution in [0.3, 0.4) is 0 Å². The van der Waals surface area contributed by atoms with E-state index in [0.29, 0.717) is 18.1 Å². The Kier molecular flexibility index (Phi) is 3.09. The maximum absolute atomic E-state index is 11.1. The molecule has 7 nitrogen and oxygen atoms in total. The fourth-order valence-electron chi connectivity index (χ4n) is 2.50. The number of hydrogen-bond acceptors (Lipinski definition) is 4. The van der Waals surface area contributed by atoms with Gasteiger partial charge in [-0.1, -0.05) is 6.07 Å². The smallest absolute Gasteiger partial charge is 0.335 e. The van der Waals surface area contributed by atoms with Crippen molar-refractivity contribution >= 4 is 17.6 Å². The summed E-state index contributed by atoms with van der Waals surface area (Å²) in [6.45, 7) is 0.522. The van der Waals surface area contributed by atoms with Crippen LogP contribution in [0.1, 0.15) is 34.2 Å². The van der Waals surface area contributed by atoms with E-state index in [9.17, 15) is 9.59 Å². The summed E-state index contributed by atoms with van der Waals surface area (Å²) in [6, 6.07) is 4.30. The minimum absolute atomic E-state index is 0.131. The second kappa shape index (κ2) is 4.93. The number of carboxylic acids is 2. The van der Waals surface area contributed by atoms with Gasteiger partial charge in [-0.2, -0.15) is 0 Å². The lowest BCUT2D eigenvalue weighted by molar-refractivity contribution is -0.137. The Bertz CT molecular complexity index is 723. The van der Waals surface area contributed by atoms with Crippen molar-refractivity contribution in [3.63, 3.8) is 0 Å². The fraction of sp³-hybridized carbons (Fsp3) is 0.214. The number of aromatic carboxylic acids is 1. The first-order valence-electron chi connectivity index (χ1n) is 6.40. The number of nitrogens with one attached hydrogen (secondary N) is 1. The van der Waals surface area contributed by atoms with Gasteiger partial charge in [0.25, 0.3) is 0 Å². The van der Waals surface area contributed by atoms with Crippen LogP contribution < -0.4 is 5.32 Å². The van der Waals surface area contributed by atoms with Crippen LogP contribution in [0.25, 0.3) is 0 Å². The average molecular weight is 287 g/mol. The molecule has 1 aliphatic rings. The molecule has 0 bridgehead atoms. The fourth-order valence-corrected chi connectivity index (χ4v) is 2.50. The Balaban J connectivity index is 2.05. The van der Waals surface area contributed by atoms with Gasteiger partial charge in [-0.3, -0.25) is 4.79 Å². The van der Waals surface area contributed by atoms with Crippen LogP contribution >= 0.6 is 0 Å². The van der Waals surface area contributed by atoms with Crippen molar-refractivity contribution < 1.29 is 19.8 Å². The Labute approximate surface area is 119 Å². The number of benzene rings is 1. The van der Waals surface area contributed by atoms with E-state index in [-0.39, 0.29) is 12.0 Å². The number of imidazole rings is 1. The molecule has 1 aliphatic heterocycles. The molecule has 2 heterocycles. The maximum Gasteiger partial charge on any atom is 0.335 e. The van der Waals surface area contributed by atoms with Gasteiger partial charge in [0.15, 0.2) is 0 Å². The molecule has 0 fully saturated rings. The van der Waals surface area contributed by atoms with E-state index in [2.05, 4.69) is 10.3 Å². The minimum atomic E-state index is -1.02. The predicted octanol–water partition coefficient (Wildman–Crippen LogP) is 1.57. The topological polar surface area (TPSA) is 104 Å². The Hall–Kier alpha value is -2.83. The molecule has 1 aromatic heterocycles. The highest BCUT2D eigenvalue weighted by molar-refractivity contribution is 5.89. The first kappa shape index (κ1) is 13.2. The van der Waals surface area contributed by atoms with Crippen molar-refractivity contribution in [2.75, 3.05) is 5.32 Å². The summed E-state index contributed by atoms with van der Waals surface area (Å²) in [5.74, 6) is -1.33. The van der Waals surface area contributed by atoms with Crippen molar-refractivity contribution in [1.82, 2.24) is 9.55 Å². The zero-order chi connectivity index (χ0) is 15.0. The van der Waals surface area contributed by atoms with Crippen LogP contribution in [-0.4, -0.2) is 31.7 Å². The summed E-state index contributed by atoms with van der Waals surface area (Å²) in [5.41, 5.74) is 1.69. The maximum atomic E-state index is 11.1. The SMILES string of the molecule is O=C(O)CC1Nc2cc(C(=O)O)ccc2Cn2ccnc21. The van der Waals surface area contributed by atoms with Gasteiger partial charge >= 0.3 is 11.9 Å². The molecule has 3 N–H and O–H groups in total. The molecule has 1 unspecified atom stereocenters. The molecule has 0 spiro atoms. The van der Waals surface area contributed by atoms with Crippen molar-refractivity contribution in [1.29, 1.82) is 0 Å². The highest BCUT2D eigenvalue weighted by Gasteiger charge is 2.25. The van der Waals surface area contributed by atoms with Gasteiger partial charge < -0.3 is 20.1 Å². The summed E-state index contributed by atoms with van der Waals surface area (Å²) in [6.07, 6.45) is 3.28. The predicted molar refractivity (Wildman–Crippen MR) is 73.3 cm³/mol. The summed E-state index contributed by atoms with van der Waals surface area (Å²) >= 11 is 0. The van der Waals surface area contributed by atoms with Crippen LogP contribution in [0.5, 0.6) is 0 Å². The van der Waals surface area contributed by atoms with Gasteiger partial charge in [-0.05, 0) is 17.7 Å². The van der Waals surface area contributed by atoms with Gasteiger partial charge in [0.1, 0.15) is 5.82 Å². The van der Waals surface area contributed by atoms with Crippen LogP contribution in [0.15, 0.2) is 30.6 Å². The minimum Gasteiger partial charge on any atom is -0.481 e. The largest absolute Gasteiger partial charge is 0.481 e. The van der Waals surface area contributed by atoms with Crippen molar-refractivity contribution in [2.24, 2.45) is 0 Å². The molecule has 0 saturated carbocycles. The molecule has 0 amide bonds. The second-order valence-corrected chi connectivity index (χ2v) is 4.89. The molecule has 0 aliphatic carbocycles. The van der Waals surface area contributed by atoms with Gasteiger partial charge in [0.05, 0.1) is 24.6 Å². The summed E-state index contributed by atoms with van der Waals surface area (Å²) < 4.78 is 1.87. The quantitative estimate of drug-likeness (QED) is 0.791. The van der Waals surface area contributed by atoms with E-state index in [1.165, 1.54) is 12.1 Å². The van der Waals surface area contributed by atoms with E-state index >= 15 is 0 Å². The second-order valence-electron chi connectivity index (χ2n) is 4.89. The van der Waals surface area contributed by atoms with E-state index in [0.717, 1.165) is 5.56 Å². The van der Waals surface area contributed by atoms with E-state index in [1.54, 1.807) is 18.5 Å². The number of aliphatic carboxylic acids is 1. The van der Waals surface area contributed by atoms with Crippen LogP contribution in [0.2, 0.25) is 0 Å². The molecule has 1 aromatic carbocycles. The molecule has 2 aromatic rings. The van der Waals surface area contributed by atoms with Gasteiger partial charge in [-0.15, -0.1) is 0 Å². The summed E-state index contributed by atoms with van der Waals surface area (Å²) in [7, 11) is 0. The number of carbonyl (C=O) groups is 2. The third kappa shape index (κ3) is 2.45. The number of hydrogen-bond donors (Lipinski definition) is 3. The van der Waals surface area contributed by atoms with Crippen LogP contribution in [0.4, 0.5) is 5.69 Å². The van der Waals surface area contributed by atoms with Gasteiger partial charge in [-0.25, -0.2) is 9.78 Å². The number of rotatable bonds is 3. The monoisotopic (exact) mass is 287 g/mol. The molecule has 21 heavy (non-hydrogen) atoms. The zero-order valence-corrected chi connectivity index (χ0v) is 11.0. The van der Waals surface area contributed by atoms with Gasteiger partial charge in [0, 0.05) is 18.1 Å². The summed E-state index contributed by atoms with van der Waals surface area (Å²) in [4.78, 5) is 26.3. The number of fused-ring (bicyclic) bond motifs is 2. The lowest BCUT2D eigenvalue weighted by Gasteiger charge is -2.16. The lowest BCUT2D eigenvalue weighted by atomic mass is 10.1. The molecule has 108 valence electrons. The highest BCUT2D eigenvalue weighted by Crippen LogP contribution is 2.30. The Morgan fingerprint density at radius 3 is 2.90 bits per heavy atom. The molecule has 7 heteroatoms. The normalized spacial score (nSPS) is 16.3. The Morgan fingerprint density at radius 1 is 1.38 bits per heavy atom. The third-order valence-corrected chi connectivity index (χ3v) is 3.47. The number of nitrogens with zero attached hydrogens (tertiary/aromatic N) is 2. The van der Waals surface area contributed by atoms with E-state index in [1.807, 2.05) is 4.57 Å². The molecular weight excluding hydrogens is 274 g/mol. The third-order valence-electron chi connectivity index (χ3n) is 3.47. The summed E-state index contributed by atoms with van der Waals surface area (Å²) in [5, 5.41) is 21.2. The molecule has 1 atom stereocenters. The van der Waals surface area contributed by atoms with Gasteiger partial charge in [0.2, 0.25) is 0 Å². The van der Waals surface area contributed by atoms with Crippen molar-refractivity contribution in [3.05, 3.63) is 47.5 Å². The van der Waals surface area contributed by atoms with Crippen molar-refractivity contribution in [2.45, 2.75) is 19.0 Å². The van der Waals surface area contributed by atoms with E-state index < -0.39 is 18.0 Å².